The normalized spacial score (nSPS) is 23.1. The van der Waals surface area contributed by atoms with Gasteiger partial charge in [-0.3, -0.25) is 23.7 Å². The molecule has 30 heavy (non-hydrogen) atoms. The zero-order valence-electron chi connectivity index (χ0n) is 17.2. The number of carbonyl (C=O) groups is 3. The van der Waals surface area contributed by atoms with E-state index in [9.17, 15) is 24.0 Å². The second-order valence-corrected chi connectivity index (χ2v) is 6.73. The summed E-state index contributed by atoms with van der Waals surface area (Å²) in [7, 11) is 0. The first kappa shape index (κ1) is 23.3. The van der Waals surface area contributed by atoms with Crippen molar-refractivity contribution in [1.29, 1.82) is 0 Å². The van der Waals surface area contributed by atoms with E-state index in [1.165, 1.54) is 6.92 Å². The summed E-state index contributed by atoms with van der Waals surface area (Å²) in [6, 6.07) is 0. The molecule has 1 fully saturated rings. The van der Waals surface area contributed by atoms with Gasteiger partial charge in [-0.2, -0.15) is 9.78 Å². The number of unbranched alkanes of at least 4 members (excludes halogenated alkanes) is 1. The van der Waals surface area contributed by atoms with Gasteiger partial charge < -0.3 is 18.9 Å². The number of hydrogen-bond acceptors (Lipinski definition) is 10. The number of ether oxygens (including phenoxy) is 4. The lowest BCUT2D eigenvalue weighted by Gasteiger charge is -2.23. The summed E-state index contributed by atoms with van der Waals surface area (Å²) in [4.78, 5) is 59.4. The van der Waals surface area contributed by atoms with E-state index in [1.807, 2.05) is 6.92 Å². The third-order valence-corrected chi connectivity index (χ3v) is 4.30. The number of aromatic nitrogens is 3. The predicted octanol–water partition coefficient (Wildman–Crippen LogP) is -0.471. The standard InChI is InChI=1S/C18H25N3O9/c1-5-6-7-20-14(25)8-19-21(18(20)26)17-16(29-12(4)24)15(28-11(3)23)13(30-17)9-27-10(2)22/h8,13,15-17H,5-7,9H2,1-4H3/t13-,15-,16+,17-/m1/s1. The second-order valence-electron chi connectivity index (χ2n) is 6.73. The summed E-state index contributed by atoms with van der Waals surface area (Å²) >= 11 is 0. The maximum Gasteiger partial charge on any atom is 0.350 e. The number of nitrogens with zero attached hydrogens (tertiary/aromatic N) is 3. The molecule has 0 radical (unpaired) electrons. The molecule has 1 aliphatic heterocycles. The van der Waals surface area contributed by atoms with Crippen LogP contribution in [0.2, 0.25) is 0 Å². The molecule has 2 rings (SSSR count). The molecule has 0 amide bonds. The van der Waals surface area contributed by atoms with Crippen LogP contribution in [0.3, 0.4) is 0 Å². The smallest absolute Gasteiger partial charge is 0.350 e. The summed E-state index contributed by atoms with van der Waals surface area (Å²) in [6.45, 7) is 5.24. The van der Waals surface area contributed by atoms with E-state index >= 15 is 0 Å². The Morgan fingerprint density at radius 3 is 2.27 bits per heavy atom. The van der Waals surface area contributed by atoms with Gasteiger partial charge in [0.15, 0.2) is 18.4 Å². The van der Waals surface area contributed by atoms with E-state index in [0.717, 1.165) is 35.7 Å². The Bertz CT molecular complexity index is 907. The molecule has 2 heterocycles. The van der Waals surface area contributed by atoms with Gasteiger partial charge in [-0.1, -0.05) is 13.3 Å². The monoisotopic (exact) mass is 427 g/mol. The second kappa shape index (κ2) is 10.1. The lowest BCUT2D eigenvalue weighted by atomic mass is 10.1. The van der Waals surface area contributed by atoms with Crippen LogP contribution in [0.25, 0.3) is 0 Å². The molecule has 12 nitrogen and oxygen atoms in total. The van der Waals surface area contributed by atoms with Crippen molar-refractivity contribution in [3.05, 3.63) is 27.0 Å². The van der Waals surface area contributed by atoms with Crippen molar-refractivity contribution in [2.24, 2.45) is 0 Å². The van der Waals surface area contributed by atoms with E-state index in [4.69, 9.17) is 18.9 Å². The highest BCUT2D eigenvalue weighted by molar-refractivity contribution is 5.67. The highest BCUT2D eigenvalue weighted by Gasteiger charge is 2.51. The van der Waals surface area contributed by atoms with Crippen LogP contribution >= 0.6 is 0 Å². The Kier molecular flexibility index (Phi) is 7.86. The van der Waals surface area contributed by atoms with Crippen molar-refractivity contribution in [3.8, 4) is 0 Å². The molecule has 0 saturated carbocycles. The zero-order chi connectivity index (χ0) is 22.4. The summed E-state index contributed by atoms with van der Waals surface area (Å²) in [5.41, 5.74) is -1.35. The molecular formula is C18H25N3O9. The minimum absolute atomic E-state index is 0.173. The Labute approximate surface area is 171 Å². The Morgan fingerprint density at radius 2 is 1.70 bits per heavy atom. The summed E-state index contributed by atoms with van der Waals surface area (Å²) in [5, 5.41) is 3.84. The van der Waals surface area contributed by atoms with Crippen molar-refractivity contribution in [2.75, 3.05) is 6.61 Å². The predicted molar refractivity (Wildman–Crippen MR) is 99.3 cm³/mol. The van der Waals surface area contributed by atoms with Crippen molar-refractivity contribution < 1.29 is 33.3 Å². The molecule has 1 aromatic heterocycles. The van der Waals surface area contributed by atoms with Gasteiger partial charge >= 0.3 is 23.6 Å². The third kappa shape index (κ3) is 5.53. The van der Waals surface area contributed by atoms with Gasteiger partial charge in [0.25, 0.3) is 5.56 Å². The molecule has 12 heteroatoms. The molecule has 1 aliphatic rings. The maximum absolute atomic E-state index is 12.9. The number of carbonyl (C=O) groups excluding carboxylic acids is 3. The van der Waals surface area contributed by atoms with Crippen LogP contribution in [0.15, 0.2) is 15.8 Å². The quantitative estimate of drug-likeness (QED) is 0.394. The van der Waals surface area contributed by atoms with Crippen LogP contribution in [0, 0.1) is 0 Å². The van der Waals surface area contributed by atoms with Crippen molar-refractivity contribution in [2.45, 2.75) is 71.6 Å². The van der Waals surface area contributed by atoms with Crippen LogP contribution in [0.4, 0.5) is 0 Å². The first-order valence-corrected chi connectivity index (χ1v) is 9.47. The van der Waals surface area contributed by atoms with Gasteiger partial charge in [0.05, 0.1) is 0 Å². The van der Waals surface area contributed by atoms with Crippen molar-refractivity contribution in [1.82, 2.24) is 14.3 Å². The maximum atomic E-state index is 12.9. The minimum Gasteiger partial charge on any atom is -0.463 e. The molecule has 0 spiro atoms. The highest BCUT2D eigenvalue weighted by Crippen LogP contribution is 2.33. The van der Waals surface area contributed by atoms with E-state index in [0.29, 0.717) is 6.42 Å². The van der Waals surface area contributed by atoms with Gasteiger partial charge in [0.1, 0.15) is 18.9 Å². The van der Waals surface area contributed by atoms with Crippen LogP contribution in [-0.2, 0) is 39.9 Å². The van der Waals surface area contributed by atoms with Crippen LogP contribution in [0.5, 0.6) is 0 Å². The van der Waals surface area contributed by atoms with Crippen LogP contribution < -0.4 is 11.2 Å². The Balaban J connectivity index is 2.48. The van der Waals surface area contributed by atoms with Gasteiger partial charge in [0.2, 0.25) is 0 Å². The van der Waals surface area contributed by atoms with Crippen LogP contribution in [0.1, 0.15) is 46.8 Å². The zero-order valence-corrected chi connectivity index (χ0v) is 17.2. The fraction of sp³-hybridized carbons (Fsp3) is 0.667. The number of rotatable bonds is 8. The van der Waals surface area contributed by atoms with Gasteiger partial charge in [-0.05, 0) is 6.42 Å². The van der Waals surface area contributed by atoms with Gasteiger partial charge in [0, 0.05) is 27.3 Å². The molecule has 0 bridgehead atoms. The van der Waals surface area contributed by atoms with Crippen molar-refractivity contribution >= 4 is 17.9 Å². The minimum atomic E-state index is -1.31. The molecule has 166 valence electrons. The van der Waals surface area contributed by atoms with E-state index in [-0.39, 0.29) is 13.2 Å². The van der Waals surface area contributed by atoms with E-state index in [1.54, 1.807) is 0 Å². The molecule has 0 aliphatic carbocycles. The topological polar surface area (TPSA) is 145 Å². The lowest BCUT2D eigenvalue weighted by Crippen LogP contribution is -2.46. The lowest BCUT2D eigenvalue weighted by molar-refractivity contribution is -0.166. The fourth-order valence-corrected chi connectivity index (χ4v) is 3.03. The summed E-state index contributed by atoms with van der Waals surface area (Å²) in [6.07, 6.45) is -2.47. The highest BCUT2D eigenvalue weighted by atomic mass is 16.7. The third-order valence-electron chi connectivity index (χ3n) is 4.30. The fourth-order valence-electron chi connectivity index (χ4n) is 3.03. The number of hydrogen-bond donors (Lipinski definition) is 0. The van der Waals surface area contributed by atoms with Gasteiger partial charge in [-0.15, -0.1) is 0 Å². The summed E-state index contributed by atoms with van der Waals surface area (Å²) < 4.78 is 23.1. The molecule has 4 atom stereocenters. The van der Waals surface area contributed by atoms with Crippen molar-refractivity contribution in [3.63, 3.8) is 0 Å². The molecule has 1 saturated heterocycles. The van der Waals surface area contributed by atoms with E-state index in [2.05, 4.69) is 5.10 Å². The van der Waals surface area contributed by atoms with Gasteiger partial charge in [-0.25, -0.2) is 4.79 Å². The first-order chi connectivity index (χ1) is 14.1. The first-order valence-electron chi connectivity index (χ1n) is 9.47. The molecule has 0 unspecified atom stereocenters. The molecule has 0 N–H and O–H groups in total. The average molecular weight is 427 g/mol. The largest absolute Gasteiger partial charge is 0.463 e. The number of esters is 3. The SMILES string of the molecule is CCCCn1c(=O)cnn([C@@H]2O[C@H](COC(C)=O)[C@@H](OC(C)=O)[C@@H]2OC(C)=O)c1=O. The Hall–Kier alpha value is -3.02. The molecular weight excluding hydrogens is 402 g/mol. The Morgan fingerprint density at radius 1 is 1.07 bits per heavy atom. The molecule has 0 aromatic carbocycles. The summed E-state index contributed by atoms with van der Waals surface area (Å²) in [5.74, 6) is -2.01. The van der Waals surface area contributed by atoms with E-state index < -0.39 is 53.7 Å². The average Bonchev–Trinajstić information content (AvgIpc) is 2.96. The van der Waals surface area contributed by atoms with Crippen LogP contribution in [-0.4, -0.2) is 57.2 Å². The molecule has 1 aromatic rings.